The summed E-state index contributed by atoms with van der Waals surface area (Å²) in [7, 11) is 0. The maximum Gasteiger partial charge on any atom is 0.339 e. The third-order valence-corrected chi connectivity index (χ3v) is 3.59. The Labute approximate surface area is 135 Å². The highest BCUT2D eigenvalue weighted by molar-refractivity contribution is 6.01. The van der Waals surface area contributed by atoms with Crippen molar-refractivity contribution < 1.29 is 23.6 Å². The Morgan fingerprint density at radius 3 is 2.79 bits per heavy atom. The number of carbonyl (C=O) groups is 2. The zero-order valence-corrected chi connectivity index (χ0v) is 12.2. The maximum absolute atomic E-state index is 13.3. The SMILES string of the molecule is O=C1OC(C(=O)Nc2ccccc2[N+](=O)[O-])Cc2cc(F)ccc21. The molecule has 0 spiro atoms. The molecule has 2 aromatic rings. The molecular weight excluding hydrogens is 319 g/mol. The fraction of sp³-hybridized carbons (Fsp3) is 0.125. The normalized spacial score (nSPS) is 16.0. The minimum Gasteiger partial charge on any atom is -0.448 e. The number of nitrogens with one attached hydrogen (secondary N) is 1. The van der Waals surface area contributed by atoms with Crippen LogP contribution in [0.4, 0.5) is 15.8 Å². The van der Waals surface area contributed by atoms with Crippen LogP contribution in [-0.2, 0) is 16.0 Å². The van der Waals surface area contributed by atoms with Gasteiger partial charge in [-0.15, -0.1) is 0 Å². The summed E-state index contributed by atoms with van der Waals surface area (Å²) in [4.78, 5) is 34.5. The summed E-state index contributed by atoms with van der Waals surface area (Å²) in [6.45, 7) is 0. The summed E-state index contributed by atoms with van der Waals surface area (Å²) < 4.78 is 18.4. The van der Waals surface area contributed by atoms with E-state index in [9.17, 15) is 24.1 Å². The number of nitro benzene ring substituents is 1. The number of nitro groups is 1. The third-order valence-electron chi connectivity index (χ3n) is 3.59. The lowest BCUT2D eigenvalue weighted by Crippen LogP contribution is -2.38. The number of esters is 1. The number of nitrogens with zero attached hydrogens (tertiary/aromatic N) is 1. The number of cyclic esters (lactones) is 1. The Hall–Kier alpha value is -3.29. The molecule has 0 bridgehead atoms. The predicted molar refractivity (Wildman–Crippen MR) is 81.0 cm³/mol. The van der Waals surface area contributed by atoms with Crippen LogP contribution in [-0.4, -0.2) is 22.9 Å². The van der Waals surface area contributed by atoms with Crippen molar-refractivity contribution in [2.24, 2.45) is 0 Å². The zero-order chi connectivity index (χ0) is 17.3. The van der Waals surface area contributed by atoms with Crippen LogP contribution in [0.5, 0.6) is 0 Å². The van der Waals surface area contributed by atoms with Crippen LogP contribution < -0.4 is 5.32 Å². The molecule has 0 saturated carbocycles. The van der Waals surface area contributed by atoms with Gasteiger partial charge in [0.25, 0.3) is 11.6 Å². The molecule has 1 atom stereocenters. The topological polar surface area (TPSA) is 98.5 Å². The number of hydrogen-bond acceptors (Lipinski definition) is 5. The Morgan fingerprint density at radius 2 is 2.04 bits per heavy atom. The summed E-state index contributed by atoms with van der Waals surface area (Å²) in [5.74, 6) is -1.98. The van der Waals surface area contributed by atoms with Gasteiger partial charge in [-0.2, -0.15) is 0 Å². The van der Waals surface area contributed by atoms with E-state index in [0.717, 1.165) is 6.07 Å². The van der Waals surface area contributed by atoms with E-state index < -0.39 is 28.7 Å². The molecule has 1 heterocycles. The molecule has 0 aliphatic carbocycles. The number of fused-ring (bicyclic) bond motifs is 1. The fourth-order valence-electron chi connectivity index (χ4n) is 2.46. The van der Waals surface area contributed by atoms with Gasteiger partial charge in [0.2, 0.25) is 0 Å². The van der Waals surface area contributed by atoms with Crippen molar-refractivity contribution in [3.8, 4) is 0 Å². The summed E-state index contributed by atoms with van der Waals surface area (Å²) in [5.41, 5.74) is 0.271. The highest BCUT2D eigenvalue weighted by Gasteiger charge is 2.32. The number of amides is 1. The minimum atomic E-state index is -1.19. The van der Waals surface area contributed by atoms with Crippen LogP contribution in [0.1, 0.15) is 15.9 Å². The predicted octanol–water partition coefficient (Wildman–Crippen LogP) is 2.45. The second-order valence-corrected chi connectivity index (χ2v) is 5.16. The number of rotatable bonds is 3. The smallest absolute Gasteiger partial charge is 0.339 e. The summed E-state index contributed by atoms with van der Waals surface area (Å²) in [5, 5.41) is 13.3. The lowest BCUT2D eigenvalue weighted by molar-refractivity contribution is -0.383. The molecule has 24 heavy (non-hydrogen) atoms. The third kappa shape index (κ3) is 2.94. The van der Waals surface area contributed by atoms with Crippen LogP contribution in [0, 0.1) is 15.9 Å². The highest BCUT2D eigenvalue weighted by Crippen LogP contribution is 2.26. The molecule has 0 saturated heterocycles. The second-order valence-electron chi connectivity index (χ2n) is 5.16. The average Bonchev–Trinajstić information content (AvgIpc) is 2.54. The maximum atomic E-state index is 13.3. The van der Waals surface area contributed by atoms with E-state index in [1.165, 1.54) is 36.4 Å². The summed E-state index contributed by atoms with van der Waals surface area (Å²) in [6.07, 6.45) is -1.20. The van der Waals surface area contributed by atoms with Gasteiger partial charge in [0.1, 0.15) is 11.5 Å². The van der Waals surface area contributed by atoms with Gasteiger partial charge >= 0.3 is 5.97 Å². The number of halogens is 1. The lowest BCUT2D eigenvalue weighted by atomic mass is 9.98. The lowest BCUT2D eigenvalue weighted by Gasteiger charge is -2.23. The van der Waals surface area contributed by atoms with Gasteiger partial charge in [0.15, 0.2) is 6.10 Å². The van der Waals surface area contributed by atoms with Crippen LogP contribution in [0.25, 0.3) is 0 Å². The van der Waals surface area contributed by atoms with Gasteiger partial charge in [0, 0.05) is 12.5 Å². The highest BCUT2D eigenvalue weighted by atomic mass is 19.1. The zero-order valence-electron chi connectivity index (χ0n) is 12.2. The first-order valence-corrected chi connectivity index (χ1v) is 6.99. The number of hydrogen-bond donors (Lipinski definition) is 1. The molecule has 0 fully saturated rings. The number of anilines is 1. The Kier molecular flexibility index (Phi) is 3.95. The molecular formula is C16H11FN2O5. The molecule has 1 aliphatic heterocycles. The van der Waals surface area contributed by atoms with E-state index >= 15 is 0 Å². The van der Waals surface area contributed by atoms with Crippen LogP contribution in [0.2, 0.25) is 0 Å². The molecule has 1 aliphatic rings. The Morgan fingerprint density at radius 1 is 1.29 bits per heavy atom. The molecule has 3 rings (SSSR count). The van der Waals surface area contributed by atoms with E-state index in [1.54, 1.807) is 0 Å². The first-order chi connectivity index (χ1) is 11.5. The first-order valence-electron chi connectivity index (χ1n) is 6.99. The van der Waals surface area contributed by atoms with Crippen molar-refractivity contribution in [3.63, 3.8) is 0 Å². The first kappa shape index (κ1) is 15.6. The van der Waals surface area contributed by atoms with Crippen LogP contribution in [0.15, 0.2) is 42.5 Å². The molecule has 8 heteroatoms. The van der Waals surface area contributed by atoms with Crippen LogP contribution in [0.3, 0.4) is 0 Å². The quantitative estimate of drug-likeness (QED) is 0.529. The van der Waals surface area contributed by atoms with Gasteiger partial charge < -0.3 is 10.1 Å². The standard InChI is InChI=1S/C16H11FN2O5/c17-10-5-6-11-9(7-10)8-14(24-16(11)21)15(20)18-12-3-1-2-4-13(12)19(22)23/h1-7,14H,8H2,(H,18,20). The molecule has 0 radical (unpaired) electrons. The van der Waals surface area contributed by atoms with E-state index in [-0.39, 0.29) is 23.4 Å². The van der Waals surface area contributed by atoms with Crippen molar-refractivity contribution >= 4 is 23.3 Å². The fourth-order valence-corrected chi connectivity index (χ4v) is 2.46. The second kappa shape index (κ2) is 6.07. The molecule has 0 aromatic heterocycles. The molecule has 7 nitrogen and oxygen atoms in total. The van der Waals surface area contributed by atoms with Crippen LogP contribution >= 0.6 is 0 Å². The van der Waals surface area contributed by atoms with Gasteiger partial charge in [-0.05, 0) is 29.8 Å². The Bertz CT molecular complexity index is 852. The molecule has 2 aromatic carbocycles. The summed E-state index contributed by atoms with van der Waals surface area (Å²) >= 11 is 0. The van der Waals surface area contributed by atoms with Gasteiger partial charge in [0.05, 0.1) is 10.5 Å². The monoisotopic (exact) mass is 330 g/mol. The number of carbonyl (C=O) groups excluding carboxylic acids is 2. The number of ether oxygens (including phenoxy) is 1. The van der Waals surface area contributed by atoms with Gasteiger partial charge in [-0.1, -0.05) is 12.1 Å². The van der Waals surface area contributed by atoms with Crippen molar-refractivity contribution in [1.82, 2.24) is 0 Å². The van der Waals surface area contributed by atoms with Gasteiger partial charge in [-0.25, -0.2) is 9.18 Å². The van der Waals surface area contributed by atoms with Crippen molar-refractivity contribution in [2.75, 3.05) is 5.32 Å². The van der Waals surface area contributed by atoms with E-state index in [2.05, 4.69) is 5.32 Å². The van der Waals surface area contributed by atoms with Crippen molar-refractivity contribution in [1.29, 1.82) is 0 Å². The summed E-state index contributed by atoms with van der Waals surface area (Å²) in [6, 6.07) is 9.20. The van der Waals surface area contributed by atoms with Crippen molar-refractivity contribution in [3.05, 3.63) is 69.5 Å². The Balaban J connectivity index is 1.82. The van der Waals surface area contributed by atoms with E-state index in [1.807, 2.05) is 0 Å². The number of para-hydroxylation sites is 2. The molecule has 122 valence electrons. The molecule has 1 N–H and O–H groups in total. The molecule has 1 amide bonds. The van der Waals surface area contributed by atoms with Crippen molar-refractivity contribution in [2.45, 2.75) is 12.5 Å². The molecule has 1 unspecified atom stereocenters. The van der Waals surface area contributed by atoms with E-state index in [4.69, 9.17) is 4.74 Å². The van der Waals surface area contributed by atoms with Gasteiger partial charge in [-0.3, -0.25) is 14.9 Å². The largest absolute Gasteiger partial charge is 0.448 e. The minimum absolute atomic E-state index is 0.00594. The van der Waals surface area contributed by atoms with E-state index in [0.29, 0.717) is 5.56 Å². The average molecular weight is 330 g/mol. The number of benzene rings is 2.